The topological polar surface area (TPSA) is 71.9 Å². The van der Waals surface area contributed by atoms with Gasteiger partial charge in [-0.3, -0.25) is 0 Å². The largest absolute Gasteiger partial charge is 0.474 e. The van der Waals surface area contributed by atoms with Crippen molar-refractivity contribution in [2.24, 2.45) is 0 Å². The molecule has 3 aromatic rings. The lowest BCUT2D eigenvalue weighted by atomic mass is 9.80. The Morgan fingerprint density at radius 1 is 1.05 bits per heavy atom. The molecule has 38 heavy (non-hydrogen) atoms. The number of cyclic esters (lactones) is 1. The summed E-state index contributed by atoms with van der Waals surface area (Å²) in [6, 6.07) is 23.7. The highest BCUT2D eigenvalue weighted by molar-refractivity contribution is 5.70. The highest BCUT2D eigenvalue weighted by atomic mass is 16.6. The van der Waals surface area contributed by atoms with E-state index in [0.717, 1.165) is 35.2 Å². The Morgan fingerprint density at radius 3 is 2.42 bits per heavy atom. The van der Waals surface area contributed by atoms with Crippen LogP contribution in [0.1, 0.15) is 76.5 Å². The van der Waals surface area contributed by atoms with Gasteiger partial charge >= 0.3 is 6.09 Å². The number of aromatic nitrogens is 1. The van der Waals surface area contributed by atoms with E-state index in [1.54, 1.807) is 18.7 Å². The SMILES string of the molecule is C[C@@H](c1ccc(-c2cccc(OC3CCCC3)n2)cc1)N1CCC(CC(C)(C)O)(c2ccccc2)OC1=O. The third-order valence-corrected chi connectivity index (χ3v) is 7.76. The van der Waals surface area contributed by atoms with E-state index in [1.165, 1.54) is 12.8 Å². The maximum Gasteiger partial charge on any atom is 0.411 e. The molecule has 1 amide bonds. The third kappa shape index (κ3) is 5.86. The van der Waals surface area contributed by atoms with Crippen LogP contribution >= 0.6 is 0 Å². The minimum Gasteiger partial charge on any atom is -0.474 e. The number of amides is 1. The van der Waals surface area contributed by atoms with Crippen LogP contribution in [-0.2, 0) is 10.3 Å². The zero-order chi connectivity index (χ0) is 26.8. The fourth-order valence-electron chi connectivity index (χ4n) is 5.82. The molecule has 2 atom stereocenters. The summed E-state index contributed by atoms with van der Waals surface area (Å²) in [6.07, 6.45) is 5.50. The number of carbonyl (C=O) groups is 1. The van der Waals surface area contributed by atoms with Crippen LogP contribution in [0.2, 0.25) is 0 Å². The Bertz CT molecular complexity index is 1230. The number of hydrogen-bond acceptors (Lipinski definition) is 5. The molecule has 2 aliphatic rings. The molecule has 0 radical (unpaired) electrons. The van der Waals surface area contributed by atoms with Crippen molar-refractivity contribution < 1.29 is 19.4 Å². The summed E-state index contributed by atoms with van der Waals surface area (Å²) in [5, 5.41) is 10.6. The van der Waals surface area contributed by atoms with Crippen LogP contribution in [0.3, 0.4) is 0 Å². The van der Waals surface area contributed by atoms with Gasteiger partial charge in [0.1, 0.15) is 11.7 Å². The lowest BCUT2D eigenvalue weighted by Gasteiger charge is -2.45. The Kier molecular flexibility index (Phi) is 7.44. The van der Waals surface area contributed by atoms with Crippen LogP contribution in [0.4, 0.5) is 4.79 Å². The lowest BCUT2D eigenvalue weighted by Crippen LogP contribution is -2.51. The maximum atomic E-state index is 13.3. The van der Waals surface area contributed by atoms with E-state index in [1.807, 2.05) is 67.6 Å². The van der Waals surface area contributed by atoms with Crippen LogP contribution in [-0.4, -0.2) is 39.3 Å². The van der Waals surface area contributed by atoms with Gasteiger partial charge in [-0.15, -0.1) is 0 Å². The number of pyridine rings is 1. The average Bonchev–Trinajstić information content (AvgIpc) is 3.41. The highest BCUT2D eigenvalue weighted by Gasteiger charge is 2.46. The molecule has 1 unspecified atom stereocenters. The Balaban J connectivity index is 1.29. The van der Waals surface area contributed by atoms with E-state index >= 15 is 0 Å². The van der Waals surface area contributed by atoms with E-state index in [9.17, 15) is 9.90 Å². The summed E-state index contributed by atoms with van der Waals surface area (Å²) in [6.45, 7) is 6.08. The summed E-state index contributed by atoms with van der Waals surface area (Å²) in [5.41, 5.74) is 1.99. The Morgan fingerprint density at radius 2 is 1.76 bits per heavy atom. The summed E-state index contributed by atoms with van der Waals surface area (Å²) < 4.78 is 12.2. The van der Waals surface area contributed by atoms with Gasteiger partial charge in [-0.05, 0) is 63.6 Å². The van der Waals surface area contributed by atoms with Gasteiger partial charge in [0.15, 0.2) is 0 Å². The summed E-state index contributed by atoms with van der Waals surface area (Å²) >= 11 is 0. The number of hydrogen-bond donors (Lipinski definition) is 1. The quantitative estimate of drug-likeness (QED) is 0.349. The molecule has 1 aromatic heterocycles. The first-order chi connectivity index (χ1) is 18.2. The van der Waals surface area contributed by atoms with Gasteiger partial charge in [-0.1, -0.05) is 60.7 Å². The van der Waals surface area contributed by atoms with Crippen LogP contribution in [0, 0.1) is 0 Å². The first kappa shape index (κ1) is 26.2. The van der Waals surface area contributed by atoms with Gasteiger partial charge in [0.05, 0.1) is 17.3 Å². The van der Waals surface area contributed by atoms with Crippen molar-refractivity contribution >= 4 is 6.09 Å². The molecule has 6 heteroatoms. The summed E-state index contributed by atoms with van der Waals surface area (Å²) in [5.74, 6) is 0.677. The van der Waals surface area contributed by atoms with Gasteiger partial charge in [-0.25, -0.2) is 9.78 Å². The second kappa shape index (κ2) is 10.8. The van der Waals surface area contributed by atoms with Crippen molar-refractivity contribution in [3.05, 3.63) is 83.9 Å². The molecule has 6 nitrogen and oxygen atoms in total. The number of nitrogens with zero attached hydrogens (tertiary/aromatic N) is 2. The van der Waals surface area contributed by atoms with Crippen molar-refractivity contribution in [1.82, 2.24) is 9.88 Å². The molecule has 1 aliphatic carbocycles. The first-order valence-electron chi connectivity index (χ1n) is 13.7. The Hall–Kier alpha value is -3.38. The lowest BCUT2D eigenvalue weighted by molar-refractivity contribution is -0.101. The van der Waals surface area contributed by atoms with E-state index in [0.29, 0.717) is 25.3 Å². The molecule has 1 saturated carbocycles. The first-order valence-corrected chi connectivity index (χ1v) is 13.7. The monoisotopic (exact) mass is 514 g/mol. The van der Waals surface area contributed by atoms with Crippen molar-refractivity contribution in [3.8, 4) is 17.1 Å². The van der Waals surface area contributed by atoms with Crippen LogP contribution in [0.5, 0.6) is 5.88 Å². The molecule has 200 valence electrons. The summed E-state index contributed by atoms with van der Waals surface area (Å²) in [4.78, 5) is 19.9. The molecule has 2 aromatic carbocycles. The molecule has 2 heterocycles. The van der Waals surface area contributed by atoms with Crippen molar-refractivity contribution in [3.63, 3.8) is 0 Å². The van der Waals surface area contributed by atoms with Gasteiger partial charge in [0.2, 0.25) is 5.88 Å². The zero-order valence-corrected chi connectivity index (χ0v) is 22.6. The number of benzene rings is 2. The Labute approximate surface area is 225 Å². The molecular weight excluding hydrogens is 476 g/mol. The molecular formula is C32H38N2O4. The van der Waals surface area contributed by atoms with E-state index in [4.69, 9.17) is 14.5 Å². The second-order valence-corrected chi connectivity index (χ2v) is 11.3. The number of rotatable bonds is 8. The maximum absolute atomic E-state index is 13.3. The second-order valence-electron chi connectivity index (χ2n) is 11.3. The predicted molar refractivity (Wildman–Crippen MR) is 148 cm³/mol. The number of carbonyl (C=O) groups excluding carboxylic acids is 1. The van der Waals surface area contributed by atoms with Crippen molar-refractivity contribution in [2.45, 2.75) is 82.6 Å². The predicted octanol–water partition coefficient (Wildman–Crippen LogP) is 7.03. The van der Waals surface area contributed by atoms with Crippen LogP contribution < -0.4 is 4.74 Å². The standard InChI is InChI=1S/C32H38N2O4/c1-23(34-21-20-32(38-30(34)35,22-31(2,3)36)26-10-5-4-6-11-26)24-16-18-25(19-17-24)28-14-9-15-29(33-28)37-27-12-7-8-13-27/h4-6,9-11,14-19,23,27,36H,7-8,12-13,20-22H2,1-3H3/t23-,32?/m0/s1. The van der Waals surface area contributed by atoms with Gasteiger partial charge in [0, 0.05) is 31.0 Å². The van der Waals surface area contributed by atoms with E-state index < -0.39 is 11.2 Å². The molecule has 1 aliphatic heterocycles. The molecule has 0 spiro atoms. The smallest absolute Gasteiger partial charge is 0.411 e. The molecule has 0 bridgehead atoms. The van der Waals surface area contributed by atoms with Gasteiger partial charge < -0.3 is 19.5 Å². The van der Waals surface area contributed by atoms with Crippen molar-refractivity contribution in [2.75, 3.05) is 6.54 Å². The normalized spacial score (nSPS) is 21.3. The van der Waals surface area contributed by atoms with Crippen LogP contribution in [0.15, 0.2) is 72.8 Å². The number of ether oxygens (including phenoxy) is 2. The molecule has 2 fully saturated rings. The fraction of sp³-hybridized carbons (Fsp3) is 0.438. The molecule has 5 rings (SSSR count). The molecule has 1 N–H and O–H groups in total. The summed E-state index contributed by atoms with van der Waals surface area (Å²) in [7, 11) is 0. The minimum absolute atomic E-state index is 0.155. The highest BCUT2D eigenvalue weighted by Crippen LogP contribution is 2.42. The van der Waals surface area contributed by atoms with Gasteiger partial charge in [0.25, 0.3) is 0 Å². The minimum atomic E-state index is -0.979. The average molecular weight is 515 g/mol. The number of aliphatic hydroxyl groups is 1. The van der Waals surface area contributed by atoms with Crippen LogP contribution in [0.25, 0.3) is 11.3 Å². The van der Waals surface area contributed by atoms with Gasteiger partial charge in [-0.2, -0.15) is 0 Å². The van der Waals surface area contributed by atoms with E-state index in [2.05, 4.69) is 12.1 Å². The third-order valence-electron chi connectivity index (χ3n) is 7.76. The zero-order valence-electron chi connectivity index (χ0n) is 22.6. The molecule has 1 saturated heterocycles. The van der Waals surface area contributed by atoms with Crippen molar-refractivity contribution in [1.29, 1.82) is 0 Å². The van der Waals surface area contributed by atoms with E-state index in [-0.39, 0.29) is 18.2 Å². The fourth-order valence-corrected chi connectivity index (χ4v) is 5.82.